The van der Waals surface area contributed by atoms with Crippen LogP contribution in [0, 0.1) is 0 Å². The first-order valence-electron chi connectivity index (χ1n) is 6.83. The number of aryl methyl sites for hydroxylation is 1. The van der Waals surface area contributed by atoms with Gasteiger partial charge in [0.1, 0.15) is 5.76 Å². The van der Waals surface area contributed by atoms with Gasteiger partial charge >= 0.3 is 0 Å². The molecule has 2 N–H and O–H groups in total. The number of hydrogen-bond acceptors (Lipinski definition) is 4. The first kappa shape index (κ1) is 13.8. The van der Waals surface area contributed by atoms with Crippen LogP contribution in [0.15, 0.2) is 52.0 Å². The molecule has 1 atom stereocenters. The lowest BCUT2D eigenvalue weighted by Crippen LogP contribution is -2.30. The summed E-state index contributed by atoms with van der Waals surface area (Å²) in [6, 6.07) is 11.9. The fourth-order valence-corrected chi connectivity index (χ4v) is 3.02. The molecule has 4 nitrogen and oxygen atoms in total. The largest absolute Gasteiger partial charge is 0.465 e. The van der Waals surface area contributed by atoms with Crippen LogP contribution in [-0.2, 0) is 11.2 Å². The lowest BCUT2D eigenvalue weighted by atomic mass is 10.1. The van der Waals surface area contributed by atoms with Crippen LogP contribution in [0.1, 0.15) is 18.2 Å². The number of anilines is 1. The predicted octanol–water partition coefficient (Wildman–Crippen LogP) is 3.44. The average Bonchev–Trinajstić information content (AvgIpc) is 3.11. The molecule has 1 fully saturated rings. The van der Waals surface area contributed by atoms with Gasteiger partial charge in [0.05, 0.1) is 11.2 Å². The van der Waals surface area contributed by atoms with Gasteiger partial charge in [0.25, 0.3) is 5.91 Å². The van der Waals surface area contributed by atoms with Crippen molar-refractivity contribution in [1.82, 2.24) is 5.32 Å². The standard InChI is InChI=1S/C16H16N2O2S/c1-2-11-5-7-12(8-6-11)17-16-18-15(19)14(21-16)10-13-4-3-9-20-13/h3-10,16-17H,2H2,1H3,(H,18,19)/b14-10-/t16-/m1/s1. The number of hydrogen-bond donors (Lipinski definition) is 2. The van der Waals surface area contributed by atoms with Crippen molar-refractivity contribution in [3.05, 3.63) is 58.9 Å². The third kappa shape index (κ3) is 3.31. The molecule has 21 heavy (non-hydrogen) atoms. The van der Waals surface area contributed by atoms with Gasteiger partial charge in [-0.05, 0) is 36.2 Å². The second kappa shape index (κ2) is 6.10. The fourth-order valence-electron chi connectivity index (χ4n) is 2.06. The second-order valence-electron chi connectivity index (χ2n) is 4.69. The van der Waals surface area contributed by atoms with Crippen molar-refractivity contribution in [1.29, 1.82) is 0 Å². The molecule has 0 unspecified atom stereocenters. The van der Waals surface area contributed by atoms with Crippen LogP contribution in [-0.4, -0.2) is 11.4 Å². The molecule has 0 radical (unpaired) electrons. The Balaban J connectivity index is 1.67. The van der Waals surface area contributed by atoms with Gasteiger partial charge in [-0.3, -0.25) is 4.79 Å². The van der Waals surface area contributed by atoms with Crippen molar-refractivity contribution in [2.75, 3.05) is 5.32 Å². The van der Waals surface area contributed by atoms with E-state index >= 15 is 0 Å². The van der Waals surface area contributed by atoms with Gasteiger partial charge in [-0.2, -0.15) is 0 Å². The first-order valence-corrected chi connectivity index (χ1v) is 7.71. The van der Waals surface area contributed by atoms with Crippen LogP contribution < -0.4 is 10.6 Å². The minimum absolute atomic E-state index is 0.0842. The minimum Gasteiger partial charge on any atom is -0.465 e. The summed E-state index contributed by atoms with van der Waals surface area (Å²) >= 11 is 1.45. The molecule has 2 aromatic rings. The molecule has 2 heterocycles. The summed E-state index contributed by atoms with van der Waals surface area (Å²) in [5.74, 6) is 0.597. The van der Waals surface area contributed by atoms with Crippen molar-refractivity contribution in [2.24, 2.45) is 0 Å². The summed E-state index contributed by atoms with van der Waals surface area (Å²) in [5, 5.41) is 6.19. The summed E-state index contributed by atoms with van der Waals surface area (Å²) < 4.78 is 5.23. The van der Waals surface area contributed by atoms with Gasteiger partial charge in [-0.25, -0.2) is 0 Å². The number of benzene rings is 1. The van der Waals surface area contributed by atoms with Gasteiger partial charge in [-0.1, -0.05) is 30.8 Å². The predicted molar refractivity (Wildman–Crippen MR) is 85.6 cm³/mol. The molecule has 1 aromatic heterocycles. The molecule has 1 aliphatic heterocycles. The maximum absolute atomic E-state index is 11.9. The number of carbonyl (C=O) groups is 1. The number of thioether (sulfide) groups is 1. The van der Waals surface area contributed by atoms with Crippen molar-refractivity contribution in [3.63, 3.8) is 0 Å². The molecule has 108 valence electrons. The monoisotopic (exact) mass is 300 g/mol. The Morgan fingerprint density at radius 2 is 2.14 bits per heavy atom. The van der Waals surface area contributed by atoms with Crippen LogP contribution in [0.5, 0.6) is 0 Å². The van der Waals surface area contributed by atoms with Crippen LogP contribution in [0.4, 0.5) is 5.69 Å². The molecule has 0 spiro atoms. The van der Waals surface area contributed by atoms with E-state index in [0.29, 0.717) is 10.7 Å². The van der Waals surface area contributed by atoms with E-state index in [0.717, 1.165) is 12.1 Å². The third-order valence-corrected chi connectivity index (χ3v) is 4.24. The lowest BCUT2D eigenvalue weighted by molar-refractivity contribution is -0.116. The Hall–Kier alpha value is -2.14. The Morgan fingerprint density at radius 1 is 1.33 bits per heavy atom. The SMILES string of the molecule is CCc1ccc(N[C@@H]2NC(=O)/C(=C/c3ccco3)S2)cc1. The maximum Gasteiger partial charge on any atom is 0.260 e. The molecule has 5 heteroatoms. The Bertz CT molecular complexity index is 647. The first-order chi connectivity index (χ1) is 10.2. The van der Waals surface area contributed by atoms with Gasteiger partial charge < -0.3 is 15.1 Å². The summed E-state index contributed by atoms with van der Waals surface area (Å²) in [7, 11) is 0. The number of nitrogens with one attached hydrogen (secondary N) is 2. The number of rotatable bonds is 4. The Morgan fingerprint density at radius 3 is 2.81 bits per heavy atom. The summed E-state index contributed by atoms with van der Waals surface area (Å²) in [5.41, 5.74) is 2.12. The van der Waals surface area contributed by atoms with E-state index in [1.807, 2.05) is 18.2 Å². The summed E-state index contributed by atoms with van der Waals surface area (Å²) in [4.78, 5) is 12.6. The van der Waals surface area contributed by atoms with Gasteiger partial charge in [0.15, 0.2) is 5.50 Å². The van der Waals surface area contributed by atoms with Crippen molar-refractivity contribution in [2.45, 2.75) is 18.8 Å². The minimum atomic E-state index is -0.161. The zero-order chi connectivity index (χ0) is 14.7. The summed E-state index contributed by atoms with van der Waals surface area (Å²) in [6.07, 6.45) is 4.36. The molecule has 1 amide bonds. The van der Waals surface area contributed by atoms with E-state index in [-0.39, 0.29) is 11.4 Å². The highest BCUT2D eigenvalue weighted by atomic mass is 32.2. The van der Waals surface area contributed by atoms with Crippen LogP contribution in [0.2, 0.25) is 0 Å². The van der Waals surface area contributed by atoms with E-state index in [9.17, 15) is 4.79 Å². The molecule has 1 aromatic carbocycles. The van der Waals surface area contributed by atoms with Crippen molar-refractivity contribution >= 4 is 29.4 Å². The van der Waals surface area contributed by atoms with E-state index in [4.69, 9.17) is 4.42 Å². The smallest absolute Gasteiger partial charge is 0.260 e. The topological polar surface area (TPSA) is 54.3 Å². The van der Waals surface area contributed by atoms with E-state index in [1.165, 1.54) is 17.3 Å². The quantitative estimate of drug-likeness (QED) is 0.849. The van der Waals surface area contributed by atoms with Gasteiger partial charge in [0.2, 0.25) is 0 Å². The van der Waals surface area contributed by atoms with Crippen LogP contribution >= 0.6 is 11.8 Å². The summed E-state index contributed by atoms with van der Waals surface area (Å²) in [6.45, 7) is 2.13. The second-order valence-corrected chi connectivity index (χ2v) is 5.84. The number of amides is 1. The van der Waals surface area contributed by atoms with E-state index in [2.05, 4.69) is 29.7 Å². The Labute approximate surface area is 127 Å². The average molecular weight is 300 g/mol. The zero-order valence-electron chi connectivity index (χ0n) is 11.6. The molecule has 0 aliphatic carbocycles. The highest BCUT2D eigenvalue weighted by Crippen LogP contribution is 2.30. The molecule has 0 saturated carbocycles. The fraction of sp³-hybridized carbons (Fsp3) is 0.188. The highest BCUT2D eigenvalue weighted by molar-refractivity contribution is 8.05. The third-order valence-electron chi connectivity index (χ3n) is 3.21. The Kier molecular flexibility index (Phi) is 4.01. The van der Waals surface area contributed by atoms with E-state index < -0.39 is 0 Å². The van der Waals surface area contributed by atoms with Gasteiger partial charge in [-0.15, -0.1) is 0 Å². The van der Waals surface area contributed by atoms with E-state index in [1.54, 1.807) is 18.4 Å². The molecular formula is C16H16N2O2S. The normalized spacial score (nSPS) is 19.8. The molecule has 3 rings (SSSR count). The molecule has 1 aliphatic rings. The van der Waals surface area contributed by atoms with Crippen LogP contribution in [0.3, 0.4) is 0 Å². The molecule has 1 saturated heterocycles. The maximum atomic E-state index is 11.9. The number of carbonyl (C=O) groups excluding carboxylic acids is 1. The molecular weight excluding hydrogens is 284 g/mol. The number of furan rings is 1. The zero-order valence-corrected chi connectivity index (χ0v) is 12.4. The van der Waals surface area contributed by atoms with Gasteiger partial charge in [0, 0.05) is 11.8 Å². The van der Waals surface area contributed by atoms with Crippen molar-refractivity contribution in [3.8, 4) is 0 Å². The van der Waals surface area contributed by atoms with Crippen molar-refractivity contribution < 1.29 is 9.21 Å². The van der Waals surface area contributed by atoms with Crippen LogP contribution in [0.25, 0.3) is 6.08 Å². The molecule has 0 bridgehead atoms. The lowest BCUT2D eigenvalue weighted by Gasteiger charge is -2.12. The highest BCUT2D eigenvalue weighted by Gasteiger charge is 2.27.